The lowest BCUT2D eigenvalue weighted by atomic mass is 9.83. The van der Waals surface area contributed by atoms with Gasteiger partial charge in [0.15, 0.2) is 5.96 Å². The number of nitrogens with zero attached hydrogens (tertiary/aromatic N) is 4. The number of aliphatic imine (C=N–C) groups is 1. The number of carbonyl (C=O) groups excluding carboxylic acids is 1. The van der Waals surface area contributed by atoms with Crippen LogP contribution in [0.5, 0.6) is 0 Å². The summed E-state index contributed by atoms with van der Waals surface area (Å²) in [5.74, 6) is 0.413. The number of esters is 1. The van der Waals surface area contributed by atoms with E-state index in [9.17, 15) is 4.79 Å². The van der Waals surface area contributed by atoms with Gasteiger partial charge in [0.05, 0.1) is 19.9 Å². The lowest BCUT2D eigenvalue weighted by molar-refractivity contribution is -0.141. The number of hydrogen-bond donors (Lipinski definition) is 2. The molecule has 2 N–H and O–H groups in total. The minimum absolute atomic E-state index is 0. The lowest BCUT2D eigenvalue weighted by Crippen LogP contribution is -2.42. The highest BCUT2D eigenvalue weighted by Crippen LogP contribution is 2.40. The molecule has 0 bridgehead atoms. The average Bonchev–Trinajstić information content (AvgIpc) is 3.25. The standard InChI is InChI=1S/C16H28N6O2.HI/c1-4-16(7-5-6-8-16)12-19-15(17-2)18-9-13-10-22(21-20-13)11-14(23)24-3;/h10H,4-9,11-12H2,1-3H3,(H2,17,18,19);1H. The van der Waals surface area contributed by atoms with E-state index >= 15 is 0 Å². The first-order chi connectivity index (χ1) is 11.6. The van der Waals surface area contributed by atoms with Crippen LogP contribution >= 0.6 is 24.0 Å². The van der Waals surface area contributed by atoms with Crippen LogP contribution in [0.2, 0.25) is 0 Å². The number of halogens is 1. The molecule has 0 unspecified atom stereocenters. The maximum absolute atomic E-state index is 11.2. The monoisotopic (exact) mass is 464 g/mol. The number of ether oxygens (including phenoxy) is 1. The molecular formula is C16H29IN6O2. The molecule has 0 spiro atoms. The maximum Gasteiger partial charge on any atom is 0.327 e. The summed E-state index contributed by atoms with van der Waals surface area (Å²) in [6.07, 6.45) is 8.14. The number of guanidine groups is 1. The zero-order valence-electron chi connectivity index (χ0n) is 15.2. The first-order valence-corrected chi connectivity index (χ1v) is 8.51. The van der Waals surface area contributed by atoms with E-state index in [1.807, 2.05) is 0 Å². The molecule has 2 rings (SSSR count). The van der Waals surface area contributed by atoms with Gasteiger partial charge in [-0.3, -0.25) is 9.79 Å². The molecule has 1 heterocycles. The molecule has 1 fully saturated rings. The predicted molar refractivity (Wildman–Crippen MR) is 107 cm³/mol. The van der Waals surface area contributed by atoms with Gasteiger partial charge >= 0.3 is 5.97 Å². The molecule has 9 heteroatoms. The number of carbonyl (C=O) groups is 1. The highest BCUT2D eigenvalue weighted by molar-refractivity contribution is 14.0. The number of hydrogen-bond acceptors (Lipinski definition) is 5. The van der Waals surface area contributed by atoms with Gasteiger partial charge in [-0.25, -0.2) is 4.68 Å². The molecule has 0 atom stereocenters. The Balaban J connectivity index is 0.00000312. The summed E-state index contributed by atoms with van der Waals surface area (Å²) >= 11 is 0. The molecule has 0 aliphatic heterocycles. The SMILES string of the molecule is CCC1(CNC(=NC)NCc2cn(CC(=O)OC)nn2)CCCC1.I. The summed E-state index contributed by atoms with van der Waals surface area (Å²) in [6.45, 7) is 3.77. The molecule has 0 saturated heterocycles. The van der Waals surface area contributed by atoms with Gasteiger partial charge in [-0.1, -0.05) is 25.0 Å². The van der Waals surface area contributed by atoms with Crippen molar-refractivity contribution in [2.45, 2.75) is 52.1 Å². The summed E-state index contributed by atoms with van der Waals surface area (Å²) in [5, 5.41) is 14.6. The van der Waals surface area contributed by atoms with Crippen LogP contribution < -0.4 is 10.6 Å². The van der Waals surface area contributed by atoms with E-state index in [-0.39, 0.29) is 36.5 Å². The van der Waals surface area contributed by atoms with E-state index in [0.29, 0.717) is 12.0 Å². The van der Waals surface area contributed by atoms with Gasteiger partial charge < -0.3 is 15.4 Å². The molecule has 1 aromatic rings. The van der Waals surface area contributed by atoms with E-state index in [1.54, 1.807) is 13.2 Å². The molecule has 1 saturated carbocycles. The Hall–Kier alpha value is -1.39. The summed E-state index contributed by atoms with van der Waals surface area (Å²) in [6, 6.07) is 0. The van der Waals surface area contributed by atoms with Crippen molar-refractivity contribution in [1.29, 1.82) is 0 Å². The summed E-state index contributed by atoms with van der Waals surface area (Å²) in [7, 11) is 3.11. The zero-order chi connectivity index (χ0) is 17.4. The summed E-state index contributed by atoms with van der Waals surface area (Å²) in [5.41, 5.74) is 1.15. The fraction of sp³-hybridized carbons (Fsp3) is 0.750. The van der Waals surface area contributed by atoms with Crippen LogP contribution in [0.15, 0.2) is 11.2 Å². The topological polar surface area (TPSA) is 93.4 Å². The average molecular weight is 464 g/mol. The third kappa shape index (κ3) is 6.44. The largest absolute Gasteiger partial charge is 0.468 e. The minimum Gasteiger partial charge on any atom is -0.468 e. The van der Waals surface area contributed by atoms with Crippen molar-refractivity contribution in [3.8, 4) is 0 Å². The lowest BCUT2D eigenvalue weighted by Gasteiger charge is -2.28. The van der Waals surface area contributed by atoms with Gasteiger partial charge in [-0.15, -0.1) is 29.1 Å². The summed E-state index contributed by atoms with van der Waals surface area (Å²) in [4.78, 5) is 15.5. The maximum atomic E-state index is 11.2. The fourth-order valence-corrected chi connectivity index (χ4v) is 3.14. The Bertz CT molecular complexity index is 569. The van der Waals surface area contributed by atoms with Gasteiger partial charge in [-0.2, -0.15) is 0 Å². The molecule has 25 heavy (non-hydrogen) atoms. The molecule has 1 aliphatic carbocycles. The Kier molecular flexibility index (Phi) is 9.15. The third-order valence-corrected chi connectivity index (χ3v) is 4.81. The quantitative estimate of drug-likeness (QED) is 0.276. The smallest absolute Gasteiger partial charge is 0.327 e. The molecule has 0 radical (unpaired) electrons. The fourth-order valence-electron chi connectivity index (χ4n) is 3.14. The molecular weight excluding hydrogens is 435 g/mol. The van der Waals surface area contributed by atoms with E-state index < -0.39 is 0 Å². The van der Waals surface area contributed by atoms with Gasteiger partial charge in [0.2, 0.25) is 0 Å². The van der Waals surface area contributed by atoms with Crippen LogP contribution in [-0.4, -0.2) is 47.6 Å². The Morgan fingerprint density at radius 2 is 2.12 bits per heavy atom. The van der Waals surface area contributed by atoms with Crippen LogP contribution in [0.4, 0.5) is 0 Å². The highest BCUT2D eigenvalue weighted by atomic mass is 127. The van der Waals surface area contributed by atoms with Crippen LogP contribution in [0, 0.1) is 5.41 Å². The molecule has 1 aliphatic rings. The van der Waals surface area contributed by atoms with Gasteiger partial charge in [0.25, 0.3) is 0 Å². The predicted octanol–water partition coefficient (Wildman–Crippen LogP) is 1.70. The van der Waals surface area contributed by atoms with Crippen molar-refractivity contribution >= 4 is 35.9 Å². The second-order valence-corrected chi connectivity index (χ2v) is 6.32. The molecule has 8 nitrogen and oxygen atoms in total. The zero-order valence-corrected chi connectivity index (χ0v) is 17.6. The van der Waals surface area contributed by atoms with E-state index in [1.165, 1.54) is 43.9 Å². The molecule has 1 aromatic heterocycles. The molecule has 142 valence electrons. The van der Waals surface area contributed by atoms with Crippen molar-refractivity contribution in [3.63, 3.8) is 0 Å². The van der Waals surface area contributed by atoms with Crippen molar-refractivity contribution in [2.75, 3.05) is 20.7 Å². The van der Waals surface area contributed by atoms with E-state index in [0.717, 1.165) is 18.2 Å². The van der Waals surface area contributed by atoms with Crippen molar-refractivity contribution < 1.29 is 9.53 Å². The highest BCUT2D eigenvalue weighted by Gasteiger charge is 2.31. The van der Waals surface area contributed by atoms with Crippen LogP contribution in [0.3, 0.4) is 0 Å². The van der Waals surface area contributed by atoms with Crippen LogP contribution in [-0.2, 0) is 22.6 Å². The van der Waals surface area contributed by atoms with Gasteiger partial charge in [0.1, 0.15) is 12.2 Å². The Morgan fingerprint density at radius 3 is 2.72 bits per heavy atom. The van der Waals surface area contributed by atoms with E-state index in [2.05, 4.69) is 37.6 Å². The Labute approximate surface area is 166 Å². The number of aromatic nitrogens is 3. The first-order valence-electron chi connectivity index (χ1n) is 8.51. The van der Waals surface area contributed by atoms with Crippen molar-refractivity contribution in [1.82, 2.24) is 25.6 Å². The Morgan fingerprint density at radius 1 is 1.40 bits per heavy atom. The van der Waals surface area contributed by atoms with E-state index in [4.69, 9.17) is 0 Å². The van der Waals surface area contributed by atoms with Crippen LogP contribution in [0.1, 0.15) is 44.7 Å². The second kappa shape index (κ2) is 10.6. The molecule has 0 aromatic carbocycles. The van der Waals surface area contributed by atoms with Gasteiger partial charge in [-0.05, 0) is 24.7 Å². The van der Waals surface area contributed by atoms with Crippen LogP contribution in [0.25, 0.3) is 0 Å². The normalized spacial score (nSPS) is 16.2. The second-order valence-electron chi connectivity index (χ2n) is 6.32. The summed E-state index contributed by atoms with van der Waals surface area (Å²) < 4.78 is 6.07. The third-order valence-electron chi connectivity index (χ3n) is 4.81. The first kappa shape index (κ1) is 21.7. The number of methoxy groups -OCH3 is 1. The van der Waals surface area contributed by atoms with Crippen molar-refractivity contribution in [3.05, 3.63) is 11.9 Å². The number of nitrogens with one attached hydrogen (secondary N) is 2. The van der Waals surface area contributed by atoms with Crippen molar-refractivity contribution in [2.24, 2.45) is 10.4 Å². The molecule has 0 amide bonds. The minimum atomic E-state index is -0.349. The van der Waals surface area contributed by atoms with Gasteiger partial charge in [0, 0.05) is 13.6 Å². The number of rotatable bonds is 7.